The number of amides is 1. The van der Waals surface area contributed by atoms with E-state index in [0.717, 1.165) is 32.7 Å². The molecule has 7 nitrogen and oxygen atoms in total. The molecular formula is C28H35FNO6PS. The molecule has 1 unspecified atom stereocenters. The molecule has 1 amide bonds. The van der Waals surface area contributed by atoms with E-state index in [2.05, 4.69) is 5.32 Å². The van der Waals surface area contributed by atoms with Gasteiger partial charge in [0.05, 0.1) is 26.2 Å². The zero-order chi connectivity index (χ0) is 27.7. The van der Waals surface area contributed by atoms with Gasteiger partial charge in [0.2, 0.25) is 5.91 Å². The van der Waals surface area contributed by atoms with Crippen LogP contribution < -0.4 is 5.32 Å². The maximum atomic E-state index is 14.2. The Hall–Kier alpha value is -2.26. The second-order valence-corrected chi connectivity index (χ2v) is 11.8. The molecule has 0 heterocycles. The molecule has 0 bridgehead atoms. The van der Waals surface area contributed by atoms with E-state index in [4.69, 9.17) is 13.6 Å². The van der Waals surface area contributed by atoms with Crippen LogP contribution in [0.4, 0.5) is 4.39 Å². The predicted molar refractivity (Wildman–Crippen MR) is 149 cm³/mol. The minimum Gasteiger partial charge on any atom is -0.612 e. The first-order chi connectivity index (χ1) is 18.2. The minimum absolute atomic E-state index is 0.119. The Morgan fingerprint density at radius 1 is 1.05 bits per heavy atom. The smallest absolute Gasteiger partial charge is 0.474 e. The summed E-state index contributed by atoms with van der Waals surface area (Å²) in [6, 6.07) is 12.1. The van der Waals surface area contributed by atoms with E-state index in [1.54, 1.807) is 26.2 Å². The highest BCUT2D eigenvalue weighted by Crippen LogP contribution is 2.49. The minimum atomic E-state index is -3.53. The van der Waals surface area contributed by atoms with Gasteiger partial charge in [-0.2, -0.15) is 0 Å². The van der Waals surface area contributed by atoms with Crippen molar-refractivity contribution in [2.45, 2.75) is 44.9 Å². The Morgan fingerprint density at radius 3 is 2.37 bits per heavy atom. The monoisotopic (exact) mass is 563 g/mol. The maximum Gasteiger partial charge on any atom is 0.474 e. The van der Waals surface area contributed by atoms with Crippen LogP contribution in [0.15, 0.2) is 52.9 Å². The van der Waals surface area contributed by atoms with Crippen molar-refractivity contribution >= 4 is 42.1 Å². The molecule has 1 N–H and O–H groups in total. The molecule has 0 radical (unpaired) electrons. The number of nitrogens with one attached hydrogen (secondary N) is 1. The highest BCUT2D eigenvalue weighted by molar-refractivity contribution is 7.90. The lowest BCUT2D eigenvalue weighted by Crippen LogP contribution is -2.24. The first kappa shape index (κ1) is 30.3. The molecule has 1 atom stereocenters. The highest BCUT2D eigenvalue weighted by atomic mass is 32.2. The Labute approximate surface area is 227 Å². The fraction of sp³-hybridized carbons (Fsp3) is 0.393. The normalized spacial score (nSPS) is 15.2. The van der Waals surface area contributed by atoms with Gasteiger partial charge < -0.3 is 9.87 Å². The third kappa shape index (κ3) is 8.12. The van der Waals surface area contributed by atoms with E-state index in [-0.39, 0.29) is 38.0 Å². The number of phosphoric acid groups is 1. The van der Waals surface area contributed by atoms with Crippen LogP contribution >= 0.6 is 7.82 Å². The van der Waals surface area contributed by atoms with E-state index < -0.39 is 19.0 Å². The summed E-state index contributed by atoms with van der Waals surface area (Å²) in [6.45, 7) is 6.42. The van der Waals surface area contributed by atoms with Crippen molar-refractivity contribution in [2.24, 2.45) is 0 Å². The van der Waals surface area contributed by atoms with Gasteiger partial charge >= 0.3 is 7.82 Å². The summed E-state index contributed by atoms with van der Waals surface area (Å²) in [4.78, 5) is 13.5. The average Bonchev–Trinajstić information content (AvgIpc) is 3.12. The van der Waals surface area contributed by atoms with Crippen molar-refractivity contribution in [1.29, 1.82) is 0 Å². The van der Waals surface area contributed by atoms with Crippen molar-refractivity contribution < 1.29 is 31.9 Å². The highest BCUT2D eigenvalue weighted by Gasteiger charge is 2.26. The Bertz CT molecular complexity index is 1220. The molecule has 0 spiro atoms. The number of unbranched alkanes of at least 4 members (excludes halogenated alkanes) is 1. The molecule has 0 fully saturated rings. The summed E-state index contributed by atoms with van der Waals surface area (Å²) in [6.07, 6.45) is 4.95. The molecule has 0 aromatic heterocycles. The third-order valence-electron chi connectivity index (χ3n) is 6.03. The number of carbonyl (C=O) groups is 1. The third-order valence-corrected chi connectivity index (χ3v) is 8.61. The van der Waals surface area contributed by atoms with Crippen LogP contribution in [-0.4, -0.2) is 43.1 Å². The van der Waals surface area contributed by atoms with E-state index in [1.165, 1.54) is 12.1 Å². The number of benzene rings is 2. The number of carbonyl (C=O) groups excluding carboxylic acids is 1. The lowest BCUT2D eigenvalue weighted by atomic mass is 10.0. The molecule has 0 aliphatic heterocycles. The van der Waals surface area contributed by atoms with Gasteiger partial charge in [-0.15, -0.1) is 0 Å². The van der Waals surface area contributed by atoms with Crippen molar-refractivity contribution in [2.75, 3.05) is 32.6 Å². The number of allylic oxidation sites excluding steroid dienone is 2. The standard InChI is InChI=1S/C28H35FNO6PS/c1-5-34-37(32,35-6-2)36-16-8-7-15-30-28(31)19-26-20(3)25(24-14-11-22(29)18-27(24)26)17-21-9-12-23(13-10-21)38(4)33/h9-14,17-18H,5-8,15-16,19H2,1-4H3,(H,30,31). The number of phosphoric ester groups is 1. The number of rotatable bonds is 14. The quantitative estimate of drug-likeness (QED) is 0.163. The molecule has 0 saturated carbocycles. The molecule has 10 heteroatoms. The Balaban J connectivity index is 1.62. The number of hydrogen-bond acceptors (Lipinski definition) is 6. The second kappa shape index (κ2) is 14.2. The molecule has 1 aliphatic carbocycles. The van der Waals surface area contributed by atoms with Gasteiger partial charge in [0.15, 0.2) is 4.90 Å². The van der Waals surface area contributed by atoms with Gasteiger partial charge in [-0.25, -0.2) is 8.96 Å². The fourth-order valence-electron chi connectivity index (χ4n) is 4.19. The van der Waals surface area contributed by atoms with E-state index in [9.17, 15) is 18.3 Å². The maximum absolute atomic E-state index is 14.2. The number of fused-ring (bicyclic) bond motifs is 1. The fourth-order valence-corrected chi connectivity index (χ4v) is 5.91. The molecule has 2 aromatic carbocycles. The zero-order valence-electron chi connectivity index (χ0n) is 22.3. The van der Waals surface area contributed by atoms with Gasteiger partial charge in [0, 0.05) is 6.54 Å². The van der Waals surface area contributed by atoms with Crippen LogP contribution in [0.25, 0.3) is 17.2 Å². The first-order valence-electron chi connectivity index (χ1n) is 12.6. The van der Waals surface area contributed by atoms with Crippen molar-refractivity contribution in [1.82, 2.24) is 5.32 Å². The zero-order valence-corrected chi connectivity index (χ0v) is 24.0. The summed E-state index contributed by atoms with van der Waals surface area (Å²) >= 11 is -1.06. The molecule has 3 rings (SSSR count). The van der Waals surface area contributed by atoms with Gasteiger partial charge in [-0.05, 0) is 121 Å². The van der Waals surface area contributed by atoms with Crippen LogP contribution in [-0.2, 0) is 34.1 Å². The lowest BCUT2D eigenvalue weighted by Gasteiger charge is -2.16. The first-order valence-corrected chi connectivity index (χ1v) is 15.6. The Kier molecular flexibility index (Phi) is 11.3. The summed E-state index contributed by atoms with van der Waals surface area (Å²) < 4.78 is 53.6. The van der Waals surface area contributed by atoms with Crippen molar-refractivity contribution in [3.63, 3.8) is 0 Å². The van der Waals surface area contributed by atoms with Gasteiger partial charge in [0.25, 0.3) is 0 Å². The number of hydrogen-bond donors (Lipinski definition) is 1. The second-order valence-electron chi connectivity index (χ2n) is 8.72. The molecule has 2 aromatic rings. The van der Waals surface area contributed by atoms with Crippen molar-refractivity contribution in [3.05, 3.63) is 70.5 Å². The average molecular weight is 564 g/mol. The number of halogens is 1. The molecule has 38 heavy (non-hydrogen) atoms. The van der Waals surface area contributed by atoms with E-state index in [0.29, 0.717) is 24.9 Å². The topological polar surface area (TPSA) is 96.9 Å². The van der Waals surface area contributed by atoms with Crippen LogP contribution in [0, 0.1) is 5.82 Å². The van der Waals surface area contributed by atoms with Gasteiger partial charge in [-0.3, -0.25) is 18.4 Å². The summed E-state index contributed by atoms with van der Waals surface area (Å²) in [5, 5.41) is 2.90. The van der Waals surface area contributed by atoms with Crippen LogP contribution in [0.2, 0.25) is 0 Å². The Morgan fingerprint density at radius 2 is 1.74 bits per heavy atom. The molecular weight excluding hydrogens is 528 g/mol. The lowest BCUT2D eigenvalue weighted by molar-refractivity contribution is -0.120. The van der Waals surface area contributed by atoms with Gasteiger partial charge in [0.1, 0.15) is 12.1 Å². The summed E-state index contributed by atoms with van der Waals surface area (Å²) in [5.41, 5.74) is 5.15. The summed E-state index contributed by atoms with van der Waals surface area (Å²) in [5.74, 6) is -0.525. The molecule has 0 saturated heterocycles. The van der Waals surface area contributed by atoms with E-state index >= 15 is 0 Å². The molecule has 206 valence electrons. The van der Waals surface area contributed by atoms with Gasteiger partial charge in [-0.1, -0.05) is 6.07 Å². The van der Waals surface area contributed by atoms with Crippen LogP contribution in [0.1, 0.15) is 56.7 Å². The molecule has 1 aliphatic rings. The van der Waals surface area contributed by atoms with Crippen LogP contribution in [0.5, 0.6) is 0 Å². The largest absolute Gasteiger partial charge is 0.612 e. The van der Waals surface area contributed by atoms with E-state index in [1.807, 2.05) is 37.3 Å². The predicted octanol–water partition coefficient (Wildman–Crippen LogP) is 6.38. The summed E-state index contributed by atoms with van der Waals surface area (Å²) in [7, 11) is -3.53. The van der Waals surface area contributed by atoms with Crippen LogP contribution in [0.3, 0.4) is 0 Å². The van der Waals surface area contributed by atoms with Crippen molar-refractivity contribution in [3.8, 4) is 0 Å². The SMILES string of the molecule is CCOP(=O)(OCC)OCCCCNC(=O)CC1=C(C)C(=Cc2ccc([S+](C)[O-])cc2)c2ccc(F)cc21.